The van der Waals surface area contributed by atoms with Gasteiger partial charge in [0.2, 0.25) is 5.91 Å². The van der Waals surface area contributed by atoms with Crippen LogP contribution >= 0.6 is 24.0 Å². The Bertz CT molecular complexity index is 504. The van der Waals surface area contributed by atoms with Crippen molar-refractivity contribution in [1.29, 1.82) is 0 Å². The number of carbonyl (C=O) groups is 1. The second-order valence-electron chi connectivity index (χ2n) is 8.51. The van der Waals surface area contributed by atoms with Crippen LogP contribution < -0.4 is 5.32 Å². The van der Waals surface area contributed by atoms with Gasteiger partial charge in [0, 0.05) is 45.2 Å². The van der Waals surface area contributed by atoms with Crippen LogP contribution in [-0.2, 0) is 4.79 Å². The zero-order chi connectivity index (χ0) is 18.4. The quantitative estimate of drug-likeness (QED) is 0.348. The largest absolute Gasteiger partial charge is 0.357 e. The molecule has 5 nitrogen and oxygen atoms in total. The molecule has 27 heavy (non-hydrogen) atoms. The standard InChI is InChI=1S/C21H38N4O.HI/c1-3-18(25-15-8-9-19(25)26)10-14-23-20(22-4-2)24-16-13-21(17-24)11-6-5-7-12-21;/h18H,3-17H2,1-2H3,(H,22,23);1H. The number of hydrogen-bond acceptors (Lipinski definition) is 2. The van der Waals surface area contributed by atoms with Crippen molar-refractivity contribution >= 4 is 35.8 Å². The summed E-state index contributed by atoms with van der Waals surface area (Å²) >= 11 is 0. The SMILES string of the molecule is CCNC(=NCCC(CC)N1CCCC1=O)N1CCC2(CCCCC2)C1.I. The number of amides is 1. The number of guanidine groups is 1. The number of nitrogens with zero attached hydrogens (tertiary/aromatic N) is 3. The lowest BCUT2D eigenvalue weighted by Crippen LogP contribution is -2.42. The fourth-order valence-corrected chi connectivity index (χ4v) is 5.21. The number of likely N-dealkylation sites (tertiary alicyclic amines) is 2. The molecule has 0 aromatic rings. The van der Waals surface area contributed by atoms with Crippen molar-refractivity contribution in [3.63, 3.8) is 0 Å². The van der Waals surface area contributed by atoms with Gasteiger partial charge in [0.1, 0.15) is 0 Å². The Hall–Kier alpha value is -0.530. The van der Waals surface area contributed by atoms with E-state index in [0.29, 0.717) is 17.4 Å². The smallest absolute Gasteiger partial charge is 0.222 e. The first kappa shape index (κ1) is 22.8. The fraction of sp³-hybridized carbons (Fsp3) is 0.905. The predicted octanol–water partition coefficient (Wildman–Crippen LogP) is 4.02. The van der Waals surface area contributed by atoms with Crippen LogP contribution in [0.25, 0.3) is 0 Å². The van der Waals surface area contributed by atoms with Crippen molar-refractivity contribution in [1.82, 2.24) is 15.1 Å². The molecule has 0 bridgehead atoms. The molecule has 3 aliphatic rings. The van der Waals surface area contributed by atoms with Gasteiger partial charge in [-0.25, -0.2) is 0 Å². The minimum absolute atomic E-state index is 0. The van der Waals surface area contributed by atoms with Gasteiger partial charge in [-0.1, -0.05) is 26.2 Å². The molecule has 0 radical (unpaired) electrons. The van der Waals surface area contributed by atoms with Crippen molar-refractivity contribution in [3.05, 3.63) is 0 Å². The summed E-state index contributed by atoms with van der Waals surface area (Å²) in [7, 11) is 0. The van der Waals surface area contributed by atoms with Crippen LogP contribution in [0.5, 0.6) is 0 Å². The Morgan fingerprint density at radius 1 is 1.15 bits per heavy atom. The topological polar surface area (TPSA) is 47.9 Å². The monoisotopic (exact) mass is 490 g/mol. The highest BCUT2D eigenvalue weighted by atomic mass is 127. The van der Waals surface area contributed by atoms with Crippen molar-refractivity contribution in [3.8, 4) is 0 Å². The van der Waals surface area contributed by atoms with E-state index >= 15 is 0 Å². The van der Waals surface area contributed by atoms with Gasteiger partial charge in [-0.2, -0.15) is 0 Å². The highest BCUT2D eigenvalue weighted by Crippen LogP contribution is 2.43. The van der Waals surface area contributed by atoms with Gasteiger partial charge in [-0.15, -0.1) is 24.0 Å². The molecule has 2 heterocycles. The van der Waals surface area contributed by atoms with Crippen LogP contribution in [0.4, 0.5) is 0 Å². The maximum absolute atomic E-state index is 12.0. The number of halogens is 1. The van der Waals surface area contributed by atoms with Crippen LogP contribution in [0, 0.1) is 5.41 Å². The lowest BCUT2D eigenvalue weighted by molar-refractivity contribution is -0.129. The summed E-state index contributed by atoms with van der Waals surface area (Å²) in [5.41, 5.74) is 0.558. The molecule has 156 valence electrons. The third-order valence-corrected chi connectivity index (χ3v) is 6.73. The molecule has 2 aliphatic heterocycles. The summed E-state index contributed by atoms with van der Waals surface area (Å²) in [4.78, 5) is 21.6. The van der Waals surface area contributed by atoms with Gasteiger partial charge in [0.15, 0.2) is 5.96 Å². The van der Waals surface area contributed by atoms with Crippen molar-refractivity contribution in [2.75, 3.05) is 32.7 Å². The first-order valence-corrected chi connectivity index (χ1v) is 11.0. The number of rotatable bonds is 6. The van der Waals surface area contributed by atoms with Gasteiger partial charge < -0.3 is 15.1 Å². The van der Waals surface area contributed by atoms with Crippen molar-refractivity contribution < 1.29 is 4.79 Å². The number of nitrogens with one attached hydrogen (secondary N) is 1. The zero-order valence-corrected chi connectivity index (χ0v) is 19.7. The van der Waals surface area contributed by atoms with E-state index in [-0.39, 0.29) is 24.0 Å². The lowest BCUT2D eigenvalue weighted by Gasteiger charge is -2.33. The average molecular weight is 490 g/mol. The third-order valence-electron chi connectivity index (χ3n) is 6.73. The first-order valence-electron chi connectivity index (χ1n) is 11.0. The van der Waals surface area contributed by atoms with E-state index in [1.54, 1.807) is 0 Å². The minimum atomic E-state index is 0. The van der Waals surface area contributed by atoms with E-state index in [1.807, 2.05) is 0 Å². The summed E-state index contributed by atoms with van der Waals surface area (Å²) in [6, 6.07) is 0.361. The number of hydrogen-bond donors (Lipinski definition) is 1. The molecule has 0 aromatic heterocycles. The van der Waals surface area contributed by atoms with Crippen molar-refractivity contribution in [2.24, 2.45) is 10.4 Å². The normalized spacial score (nSPS) is 23.6. The highest BCUT2D eigenvalue weighted by Gasteiger charge is 2.39. The summed E-state index contributed by atoms with van der Waals surface area (Å²) in [5.74, 6) is 1.43. The molecule has 1 N–H and O–H groups in total. The maximum Gasteiger partial charge on any atom is 0.222 e. The van der Waals surface area contributed by atoms with Gasteiger partial charge in [-0.05, 0) is 50.9 Å². The highest BCUT2D eigenvalue weighted by molar-refractivity contribution is 14.0. The Kier molecular flexibility index (Phi) is 9.16. The molecular formula is C21H39IN4O. The van der Waals surface area contributed by atoms with E-state index in [1.165, 1.54) is 45.1 Å². The summed E-state index contributed by atoms with van der Waals surface area (Å²) < 4.78 is 0. The van der Waals surface area contributed by atoms with Crippen molar-refractivity contribution in [2.45, 2.75) is 84.1 Å². The first-order chi connectivity index (χ1) is 12.7. The molecule has 1 atom stereocenters. The fourth-order valence-electron chi connectivity index (χ4n) is 5.21. The Morgan fingerprint density at radius 2 is 1.93 bits per heavy atom. The molecule has 2 saturated heterocycles. The van der Waals surface area contributed by atoms with E-state index < -0.39 is 0 Å². The van der Waals surface area contributed by atoms with Gasteiger partial charge in [-0.3, -0.25) is 9.79 Å². The van der Waals surface area contributed by atoms with Gasteiger partial charge >= 0.3 is 0 Å². The predicted molar refractivity (Wildman–Crippen MR) is 123 cm³/mol. The summed E-state index contributed by atoms with van der Waals surface area (Å²) in [6.45, 7) is 9.35. The van der Waals surface area contributed by atoms with E-state index in [0.717, 1.165) is 57.8 Å². The van der Waals surface area contributed by atoms with E-state index in [2.05, 4.69) is 29.0 Å². The minimum Gasteiger partial charge on any atom is -0.357 e. The van der Waals surface area contributed by atoms with Crippen LogP contribution in [0.15, 0.2) is 4.99 Å². The molecule has 3 rings (SSSR count). The molecular weight excluding hydrogens is 451 g/mol. The van der Waals surface area contributed by atoms with E-state index in [9.17, 15) is 4.79 Å². The molecule has 1 unspecified atom stereocenters. The molecule has 1 aliphatic carbocycles. The Labute approximate surface area is 182 Å². The maximum atomic E-state index is 12.0. The average Bonchev–Trinajstić information content (AvgIpc) is 3.25. The molecule has 3 fully saturated rings. The van der Waals surface area contributed by atoms with Crippen LogP contribution in [-0.4, -0.2) is 60.4 Å². The third kappa shape index (κ3) is 5.73. The molecule has 6 heteroatoms. The zero-order valence-electron chi connectivity index (χ0n) is 17.3. The van der Waals surface area contributed by atoms with Gasteiger partial charge in [0.25, 0.3) is 0 Å². The lowest BCUT2D eigenvalue weighted by atomic mass is 9.73. The van der Waals surface area contributed by atoms with Crippen LogP contribution in [0.1, 0.15) is 78.1 Å². The second-order valence-corrected chi connectivity index (χ2v) is 8.51. The number of aliphatic imine (C=N–C) groups is 1. The van der Waals surface area contributed by atoms with Crippen LogP contribution in [0.3, 0.4) is 0 Å². The summed E-state index contributed by atoms with van der Waals surface area (Å²) in [6.07, 6.45) is 12.1. The van der Waals surface area contributed by atoms with Gasteiger partial charge in [0.05, 0.1) is 0 Å². The number of carbonyl (C=O) groups excluding carboxylic acids is 1. The molecule has 0 aromatic carbocycles. The Balaban J connectivity index is 0.00000261. The van der Waals surface area contributed by atoms with E-state index in [4.69, 9.17) is 4.99 Å². The Morgan fingerprint density at radius 3 is 2.56 bits per heavy atom. The second kappa shape index (κ2) is 10.9. The summed E-state index contributed by atoms with van der Waals surface area (Å²) in [5, 5.41) is 3.51. The molecule has 1 saturated carbocycles. The molecule has 1 spiro atoms. The van der Waals surface area contributed by atoms with Crippen LogP contribution in [0.2, 0.25) is 0 Å². The molecule has 1 amide bonds.